The summed E-state index contributed by atoms with van der Waals surface area (Å²) in [6.07, 6.45) is 2.97. The molecule has 0 aromatic heterocycles. The lowest BCUT2D eigenvalue weighted by Crippen LogP contribution is -2.32. The van der Waals surface area contributed by atoms with Crippen LogP contribution in [0, 0.1) is 0 Å². The molecule has 1 aromatic carbocycles. The lowest BCUT2D eigenvalue weighted by atomic mass is 10.3. The van der Waals surface area contributed by atoms with Crippen molar-refractivity contribution in [3.63, 3.8) is 0 Å². The first-order valence-electron chi connectivity index (χ1n) is 6.29. The Balaban J connectivity index is 1.78. The van der Waals surface area contributed by atoms with E-state index in [4.69, 9.17) is 4.74 Å². The zero-order valence-corrected chi connectivity index (χ0v) is 11.7. The summed E-state index contributed by atoms with van der Waals surface area (Å²) < 4.78 is 28.0. The Kier molecular flexibility index (Phi) is 4.44. The molecule has 2 N–H and O–H groups in total. The average molecular weight is 285 g/mol. The number of aliphatic hydroxyl groups excluding tert-OH is 1. The van der Waals surface area contributed by atoms with E-state index in [2.05, 4.69) is 5.32 Å². The third kappa shape index (κ3) is 4.81. The third-order valence-corrected chi connectivity index (χ3v) is 4.04. The molecule has 0 radical (unpaired) electrons. The van der Waals surface area contributed by atoms with Crippen LogP contribution in [-0.2, 0) is 9.84 Å². The number of hydrogen-bond donors (Lipinski definition) is 2. The van der Waals surface area contributed by atoms with Crippen LogP contribution in [0.3, 0.4) is 0 Å². The van der Waals surface area contributed by atoms with E-state index in [0.29, 0.717) is 18.3 Å². The van der Waals surface area contributed by atoms with E-state index in [0.717, 1.165) is 6.26 Å². The molecule has 1 saturated carbocycles. The second-order valence-corrected chi connectivity index (χ2v) is 6.91. The summed E-state index contributed by atoms with van der Waals surface area (Å²) in [4.78, 5) is 0.260. The smallest absolute Gasteiger partial charge is 0.175 e. The van der Waals surface area contributed by atoms with Gasteiger partial charge in [0.1, 0.15) is 18.5 Å². The Bertz CT molecular complexity index is 508. The van der Waals surface area contributed by atoms with Crippen LogP contribution in [0.15, 0.2) is 29.2 Å². The summed E-state index contributed by atoms with van der Waals surface area (Å²) in [5, 5.41) is 12.9. The molecule has 0 bridgehead atoms. The summed E-state index contributed by atoms with van der Waals surface area (Å²) in [7, 11) is -3.18. The minimum Gasteiger partial charge on any atom is -0.491 e. The SMILES string of the molecule is CS(=O)(=O)c1ccc(OCC(O)CNC2CC2)cc1. The van der Waals surface area contributed by atoms with Crippen molar-refractivity contribution in [2.24, 2.45) is 0 Å². The molecule has 0 spiro atoms. The number of nitrogens with one attached hydrogen (secondary N) is 1. The second-order valence-electron chi connectivity index (χ2n) is 4.89. The predicted octanol–water partition coefficient (Wildman–Crippen LogP) is 0.582. The van der Waals surface area contributed by atoms with Gasteiger partial charge in [-0.3, -0.25) is 0 Å². The zero-order chi connectivity index (χ0) is 13.9. The van der Waals surface area contributed by atoms with Gasteiger partial charge in [0.25, 0.3) is 0 Å². The molecule has 0 saturated heterocycles. The predicted molar refractivity (Wildman–Crippen MR) is 72.1 cm³/mol. The molecule has 0 aliphatic heterocycles. The molecule has 1 aromatic rings. The molecule has 1 aliphatic carbocycles. The van der Waals surface area contributed by atoms with Gasteiger partial charge in [0, 0.05) is 18.8 Å². The van der Waals surface area contributed by atoms with Crippen LogP contribution in [0.2, 0.25) is 0 Å². The first-order valence-corrected chi connectivity index (χ1v) is 8.18. The largest absolute Gasteiger partial charge is 0.491 e. The van der Waals surface area contributed by atoms with Crippen LogP contribution in [0.5, 0.6) is 5.75 Å². The Hall–Kier alpha value is -1.11. The number of ether oxygens (including phenoxy) is 1. The van der Waals surface area contributed by atoms with Gasteiger partial charge in [-0.25, -0.2) is 8.42 Å². The van der Waals surface area contributed by atoms with Gasteiger partial charge >= 0.3 is 0 Å². The monoisotopic (exact) mass is 285 g/mol. The molecule has 2 rings (SSSR count). The highest BCUT2D eigenvalue weighted by atomic mass is 32.2. The molecular formula is C13H19NO4S. The first kappa shape index (κ1) is 14.3. The molecular weight excluding hydrogens is 266 g/mol. The van der Waals surface area contributed by atoms with Crippen LogP contribution in [0.4, 0.5) is 0 Å². The van der Waals surface area contributed by atoms with Crippen molar-refractivity contribution in [1.82, 2.24) is 5.32 Å². The highest BCUT2D eigenvalue weighted by Crippen LogP contribution is 2.18. The fourth-order valence-electron chi connectivity index (χ4n) is 1.62. The molecule has 1 unspecified atom stereocenters. The maximum Gasteiger partial charge on any atom is 0.175 e. The molecule has 106 valence electrons. The first-order chi connectivity index (χ1) is 8.95. The average Bonchev–Trinajstić information content (AvgIpc) is 3.17. The van der Waals surface area contributed by atoms with Crippen molar-refractivity contribution in [3.05, 3.63) is 24.3 Å². The maximum atomic E-state index is 11.3. The second kappa shape index (κ2) is 5.90. The molecule has 1 fully saturated rings. The van der Waals surface area contributed by atoms with Crippen LogP contribution in [0.25, 0.3) is 0 Å². The molecule has 1 aliphatic rings. The van der Waals surface area contributed by atoms with Crippen LogP contribution >= 0.6 is 0 Å². The minimum absolute atomic E-state index is 0.192. The molecule has 0 amide bonds. The Labute approximate surface area is 113 Å². The summed E-state index contributed by atoms with van der Waals surface area (Å²) in [5.74, 6) is 0.554. The van der Waals surface area contributed by atoms with Crippen molar-refractivity contribution in [2.75, 3.05) is 19.4 Å². The maximum absolute atomic E-state index is 11.3. The molecule has 5 nitrogen and oxygen atoms in total. The van der Waals surface area contributed by atoms with Crippen molar-refractivity contribution >= 4 is 9.84 Å². The Morgan fingerprint density at radius 3 is 2.53 bits per heavy atom. The van der Waals surface area contributed by atoms with Gasteiger partial charge in [0.2, 0.25) is 0 Å². The van der Waals surface area contributed by atoms with Gasteiger partial charge in [-0.2, -0.15) is 0 Å². The Morgan fingerprint density at radius 2 is 2.00 bits per heavy atom. The standard InChI is InChI=1S/C13H19NO4S/c1-19(16,17)13-6-4-12(5-7-13)18-9-11(15)8-14-10-2-3-10/h4-7,10-11,14-15H,2-3,8-9H2,1H3. The zero-order valence-electron chi connectivity index (χ0n) is 10.9. The summed E-state index contributed by atoms with van der Waals surface area (Å²) >= 11 is 0. The summed E-state index contributed by atoms with van der Waals surface area (Å²) in [6, 6.07) is 6.75. The van der Waals surface area contributed by atoms with E-state index in [1.54, 1.807) is 12.1 Å². The van der Waals surface area contributed by atoms with E-state index in [1.807, 2.05) is 0 Å². The quantitative estimate of drug-likeness (QED) is 0.766. The van der Waals surface area contributed by atoms with Crippen molar-refractivity contribution in [3.8, 4) is 5.75 Å². The van der Waals surface area contributed by atoms with E-state index >= 15 is 0 Å². The molecule has 0 heterocycles. The number of aliphatic hydroxyl groups is 1. The number of sulfone groups is 1. The fraction of sp³-hybridized carbons (Fsp3) is 0.538. The van der Waals surface area contributed by atoms with Gasteiger partial charge in [0.05, 0.1) is 4.90 Å². The number of hydrogen-bond acceptors (Lipinski definition) is 5. The molecule has 19 heavy (non-hydrogen) atoms. The fourth-order valence-corrected chi connectivity index (χ4v) is 2.26. The van der Waals surface area contributed by atoms with Gasteiger partial charge in [0.15, 0.2) is 9.84 Å². The van der Waals surface area contributed by atoms with Gasteiger partial charge in [-0.1, -0.05) is 0 Å². The van der Waals surface area contributed by atoms with Crippen molar-refractivity contribution < 1.29 is 18.3 Å². The number of benzene rings is 1. The van der Waals surface area contributed by atoms with E-state index in [1.165, 1.54) is 25.0 Å². The summed E-state index contributed by atoms with van der Waals surface area (Å²) in [5.41, 5.74) is 0. The van der Waals surface area contributed by atoms with E-state index in [-0.39, 0.29) is 11.5 Å². The topological polar surface area (TPSA) is 75.6 Å². The van der Waals surface area contributed by atoms with Crippen LogP contribution in [0.1, 0.15) is 12.8 Å². The van der Waals surface area contributed by atoms with Crippen molar-refractivity contribution in [1.29, 1.82) is 0 Å². The lowest BCUT2D eigenvalue weighted by molar-refractivity contribution is 0.106. The lowest BCUT2D eigenvalue weighted by Gasteiger charge is -2.13. The highest BCUT2D eigenvalue weighted by molar-refractivity contribution is 7.90. The van der Waals surface area contributed by atoms with Gasteiger partial charge in [-0.15, -0.1) is 0 Å². The summed E-state index contributed by atoms with van der Waals surface area (Å²) in [6.45, 7) is 0.712. The van der Waals surface area contributed by atoms with Crippen LogP contribution in [-0.4, -0.2) is 45.1 Å². The molecule has 1 atom stereocenters. The van der Waals surface area contributed by atoms with Crippen molar-refractivity contribution in [2.45, 2.75) is 29.9 Å². The Morgan fingerprint density at radius 1 is 1.37 bits per heavy atom. The van der Waals surface area contributed by atoms with E-state index in [9.17, 15) is 13.5 Å². The van der Waals surface area contributed by atoms with Crippen LogP contribution < -0.4 is 10.1 Å². The van der Waals surface area contributed by atoms with Gasteiger partial charge < -0.3 is 15.2 Å². The van der Waals surface area contributed by atoms with Gasteiger partial charge in [-0.05, 0) is 37.1 Å². The van der Waals surface area contributed by atoms with E-state index < -0.39 is 15.9 Å². The third-order valence-electron chi connectivity index (χ3n) is 2.91. The minimum atomic E-state index is -3.18. The highest BCUT2D eigenvalue weighted by Gasteiger charge is 2.21. The normalized spacial score (nSPS) is 17.2. The number of rotatable bonds is 7. The molecule has 6 heteroatoms.